The molecule has 2 aliphatic rings. The molecule has 0 saturated carbocycles. The maximum Gasteiger partial charge on any atom is 0.245 e. The van der Waals surface area contributed by atoms with Gasteiger partial charge in [-0.15, -0.1) is 11.8 Å². The van der Waals surface area contributed by atoms with Crippen LogP contribution in [0, 0.1) is 5.92 Å². The van der Waals surface area contributed by atoms with Gasteiger partial charge in [-0.25, -0.2) is 0 Å². The summed E-state index contributed by atoms with van der Waals surface area (Å²) in [4.78, 5) is 32.3. The van der Waals surface area contributed by atoms with E-state index in [0.29, 0.717) is 18.1 Å². The summed E-state index contributed by atoms with van der Waals surface area (Å²) >= 11 is 1.60. The Morgan fingerprint density at radius 1 is 1.18 bits per heavy atom. The van der Waals surface area contributed by atoms with E-state index < -0.39 is 6.04 Å². The minimum absolute atomic E-state index is 0.0546. The number of likely N-dealkylation sites (N-methyl/N-ethyl adjacent to an activating group) is 1. The van der Waals surface area contributed by atoms with Crippen LogP contribution in [0.5, 0.6) is 5.75 Å². The zero-order valence-electron chi connectivity index (χ0n) is 17.3. The molecule has 2 fully saturated rings. The summed E-state index contributed by atoms with van der Waals surface area (Å²) in [6, 6.07) is 7.41. The molecule has 0 bridgehead atoms. The highest BCUT2D eigenvalue weighted by Gasteiger charge is 2.42. The minimum atomic E-state index is -0.405. The van der Waals surface area contributed by atoms with Crippen LogP contribution in [0.4, 0.5) is 0 Å². The van der Waals surface area contributed by atoms with Gasteiger partial charge >= 0.3 is 0 Å². The second-order valence-electron chi connectivity index (χ2n) is 8.01. The summed E-state index contributed by atoms with van der Waals surface area (Å²) in [6.45, 7) is 7.44. The Bertz CT molecular complexity index is 687. The number of benzene rings is 1. The lowest BCUT2D eigenvalue weighted by Gasteiger charge is -2.39. The fourth-order valence-electron chi connectivity index (χ4n) is 3.82. The summed E-state index contributed by atoms with van der Waals surface area (Å²) in [5, 5.41) is -0.126. The van der Waals surface area contributed by atoms with Gasteiger partial charge in [-0.3, -0.25) is 9.59 Å². The normalized spacial score (nSPS) is 22.0. The molecule has 0 radical (unpaired) electrons. The van der Waals surface area contributed by atoms with E-state index in [9.17, 15) is 9.59 Å². The van der Waals surface area contributed by atoms with Crippen molar-refractivity contribution in [3.8, 4) is 5.75 Å². The number of thioether (sulfide) groups is 1. The quantitative estimate of drug-likeness (QED) is 0.728. The number of carbonyl (C=O) groups is 2. The van der Waals surface area contributed by atoms with Gasteiger partial charge in [0, 0.05) is 26.2 Å². The molecule has 0 unspecified atom stereocenters. The monoisotopic (exact) mass is 405 g/mol. The molecular weight excluding hydrogens is 374 g/mol. The molecule has 2 saturated heterocycles. The third-order valence-electron chi connectivity index (χ3n) is 5.44. The zero-order chi connectivity index (χ0) is 20.3. The summed E-state index contributed by atoms with van der Waals surface area (Å²) in [7, 11) is 3.72. The predicted octanol–water partition coefficient (Wildman–Crippen LogP) is 2.46. The van der Waals surface area contributed by atoms with Gasteiger partial charge in [0.15, 0.2) is 0 Å². The number of ether oxygens (including phenoxy) is 1. The van der Waals surface area contributed by atoms with Gasteiger partial charge in [0.05, 0.1) is 12.9 Å². The van der Waals surface area contributed by atoms with Crippen molar-refractivity contribution in [2.45, 2.75) is 31.7 Å². The molecule has 1 aromatic rings. The van der Waals surface area contributed by atoms with E-state index in [2.05, 4.69) is 25.8 Å². The van der Waals surface area contributed by atoms with Crippen LogP contribution in [-0.2, 0) is 9.59 Å². The summed E-state index contributed by atoms with van der Waals surface area (Å²) in [5.41, 5.74) is 1.04. The second kappa shape index (κ2) is 9.18. The van der Waals surface area contributed by atoms with Gasteiger partial charge in [-0.2, -0.15) is 0 Å². The van der Waals surface area contributed by atoms with Crippen LogP contribution >= 0.6 is 11.8 Å². The number of hydrogen-bond acceptors (Lipinski definition) is 5. The number of hydrogen-bond donors (Lipinski definition) is 0. The van der Waals surface area contributed by atoms with Crippen LogP contribution in [0.15, 0.2) is 24.3 Å². The Morgan fingerprint density at radius 3 is 2.39 bits per heavy atom. The van der Waals surface area contributed by atoms with Gasteiger partial charge in [-0.1, -0.05) is 26.0 Å². The van der Waals surface area contributed by atoms with Crippen molar-refractivity contribution in [3.63, 3.8) is 0 Å². The number of nitrogens with zero attached hydrogens (tertiary/aromatic N) is 3. The largest absolute Gasteiger partial charge is 0.497 e. The Labute approximate surface area is 172 Å². The lowest BCUT2D eigenvalue weighted by molar-refractivity contribution is -0.146. The average Bonchev–Trinajstić information content (AvgIpc) is 3.07. The van der Waals surface area contributed by atoms with Crippen LogP contribution in [0.2, 0.25) is 0 Å². The summed E-state index contributed by atoms with van der Waals surface area (Å²) in [5.74, 6) is 1.68. The average molecular weight is 406 g/mol. The molecule has 3 rings (SSSR count). The van der Waals surface area contributed by atoms with E-state index in [1.165, 1.54) is 0 Å². The number of amides is 2. The third-order valence-corrected chi connectivity index (χ3v) is 6.67. The van der Waals surface area contributed by atoms with E-state index >= 15 is 0 Å². The highest BCUT2D eigenvalue weighted by molar-refractivity contribution is 8.00. The fourth-order valence-corrected chi connectivity index (χ4v) is 5.04. The van der Waals surface area contributed by atoms with Gasteiger partial charge in [0.1, 0.15) is 17.2 Å². The molecular formula is C21H31N3O3S. The Balaban J connectivity index is 1.85. The second-order valence-corrected chi connectivity index (χ2v) is 9.08. The van der Waals surface area contributed by atoms with E-state index in [-0.39, 0.29) is 17.2 Å². The van der Waals surface area contributed by atoms with Crippen LogP contribution in [0.3, 0.4) is 0 Å². The minimum Gasteiger partial charge on any atom is -0.497 e. The number of piperazine rings is 1. The summed E-state index contributed by atoms with van der Waals surface area (Å²) < 4.78 is 5.25. The van der Waals surface area contributed by atoms with E-state index in [1.807, 2.05) is 34.1 Å². The SMILES string of the molecule is COc1ccc([C@@H]2SCC(=O)N2[C@H](CC(C)C)C(=O)N2CCN(C)CC2)cc1. The lowest BCUT2D eigenvalue weighted by atomic mass is 9.99. The van der Waals surface area contributed by atoms with Crippen LogP contribution in [-0.4, -0.2) is 78.6 Å². The van der Waals surface area contributed by atoms with Crippen molar-refractivity contribution in [3.05, 3.63) is 29.8 Å². The molecule has 2 atom stereocenters. The number of methoxy groups -OCH3 is 1. The maximum absolute atomic E-state index is 13.4. The third kappa shape index (κ3) is 4.63. The van der Waals surface area contributed by atoms with Crippen molar-refractivity contribution in [2.24, 2.45) is 5.92 Å². The van der Waals surface area contributed by atoms with Crippen molar-refractivity contribution in [2.75, 3.05) is 46.1 Å². The van der Waals surface area contributed by atoms with E-state index in [0.717, 1.165) is 37.5 Å². The number of carbonyl (C=O) groups excluding carboxylic acids is 2. The van der Waals surface area contributed by atoms with Gasteiger partial charge in [0.25, 0.3) is 0 Å². The maximum atomic E-state index is 13.4. The van der Waals surface area contributed by atoms with Crippen molar-refractivity contribution < 1.29 is 14.3 Å². The first-order chi connectivity index (χ1) is 13.4. The molecule has 0 aliphatic carbocycles. The highest BCUT2D eigenvalue weighted by atomic mass is 32.2. The zero-order valence-corrected chi connectivity index (χ0v) is 18.1. The first-order valence-electron chi connectivity index (χ1n) is 9.94. The van der Waals surface area contributed by atoms with Crippen LogP contribution in [0.25, 0.3) is 0 Å². The molecule has 7 heteroatoms. The molecule has 154 valence electrons. The Kier molecular flexibility index (Phi) is 6.88. The molecule has 2 amide bonds. The first-order valence-corrected chi connectivity index (χ1v) is 11.0. The van der Waals surface area contributed by atoms with Crippen molar-refractivity contribution >= 4 is 23.6 Å². The molecule has 28 heavy (non-hydrogen) atoms. The Morgan fingerprint density at radius 2 is 1.82 bits per heavy atom. The van der Waals surface area contributed by atoms with E-state index in [1.54, 1.807) is 18.9 Å². The van der Waals surface area contributed by atoms with Crippen molar-refractivity contribution in [1.82, 2.24) is 14.7 Å². The Hall–Kier alpha value is -1.73. The topological polar surface area (TPSA) is 53.1 Å². The highest BCUT2D eigenvalue weighted by Crippen LogP contribution is 2.41. The first kappa shape index (κ1) is 21.0. The summed E-state index contributed by atoms with van der Waals surface area (Å²) in [6.07, 6.45) is 0.685. The lowest BCUT2D eigenvalue weighted by Crippen LogP contribution is -2.55. The standard InChI is InChI=1S/C21H31N3O3S/c1-15(2)13-18(20(26)23-11-9-22(3)10-12-23)24-19(25)14-28-21(24)16-5-7-17(27-4)8-6-16/h5-8,15,18,21H,9-14H2,1-4H3/t18-,21+/m1/s1. The number of rotatable bonds is 6. The fraction of sp³-hybridized carbons (Fsp3) is 0.619. The van der Waals surface area contributed by atoms with Gasteiger partial charge in [-0.05, 0) is 37.1 Å². The molecule has 6 nitrogen and oxygen atoms in total. The van der Waals surface area contributed by atoms with Gasteiger partial charge in [0.2, 0.25) is 11.8 Å². The molecule has 0 spiro atoms. The van der Waals surface area contributed by atoms with Crippen LogP contribution < -0.4 is 4.74 Å². The van der Waals surface area contributed by atoms with Crippen LogP contribution in [0.1, 0.15) is 31.2 Å². The smallest absolute Gasteiger partial charge is 0.245 e. The van der Waals surface area contributed by atoms with E-state index in [4.69, 9.17) is 4.74 Å². The molecule has 0 aromatic heterocycles. The van der Waals surface area contributed by atoms with Gasteiger partial charge < -0.3 is 19.4 Å². The molecule has 2 aliphatic heterocycles. The predicted molar refractivity (Wildman–Crippen MR) is 112 cm³/mol. The molecule has 1 aromatic carbocycles. The van der Waals surface area contributed by atoms with Crippen molar-refractivity contribution in [1.29, 1.82) is 0 Å². The molecule has 0 N–H and O–H groups in total. The molecule has 2 heterocycles.